The van der Waals surface area contributed by atoms with Gasteiger partial charge < -0.3 is 19.5 Å². The number of rotatable bonds is 5. The maximum Gasteiger partial charge on any atom is 0.340 e. The first-order chi connectivity index (χ1) is 12.2. The predicted molar refractivity (Wildman–Crippen MR) is 89.8 cm³/mol. The van der Waals surface area contributed by atoms with Crippen LogP contribution < -0.4 is 14.8 Å². The molecule has 0 fully saturated rings. The molecule has 130 valence electrons. The summed E-state index contributed by atoms with van der Waals surface area (Å²) < 4.78 is 16.2. The van der Waals surface area contributed by atoms with E-state index < -0.39 is 18.0 Å². The van der Waals surface area contributed by atoms with Gasteiger partial charge in [-0.2, -0.15) is 0 Å². The van der Waals surface area contributed by atoms with Crippen LogP contribution in [-0.2, 0) is 9.53 Å². The van der Waals surface area contributed by atoms with E-state index in [2.05, 4.69) is 10.3 Å². The number of pyridine rings is 1. The number of carbonyl (C=O) groups excluding carboxylic acids is 2. The van der Waals surface area contributed by atoms with E-state index in [1.54, 1.807) is 43.5 Å². The minimum absolute atomic E-state index is 0.299. The van der Waals surface area contributed by atoms with E-state index in [1.165, 1.54) is 6.20 Å². The molecule has 7 heteroatoms. The van der Waals surface area contributed by atoms with Crippen LogP contribution in [0.3, 0.4) is 0 Å². The molecule has 1 aromatic carbocycles. The number of anilines is 1. The average molecular weight is 342 g/mol. The highest BCUT2D eigenvalue weighted by molar-refractivity contribution is 5.97. The zero-order chi connectivity index (χ0) is 17.6. The molecular formula is C18H18N2O5. The number of amides is 1. The second-order valence-electron chi connectivity index (χ2n) is 5.39. The summed E-state index contributed by atoms with van der Waals surface area (Å²) >= 11 is 0. The van der Waals surface area contributed by atoms with Crippen molar-refractivity contribution in [1.82, 2.24) is 4.98 Å². The molecule has 2 heterocycles. The molecular weight excluding hydrogens is 324 g/mol. The fourth-order valence-corrected chi connectivity index (χ4v) is 2.35. The molecule has 1 unspecified atom stereocenters. The van der Waals surface area contributed by atoms with Crippen molar-refractivity contribution in [3.63, 3.8) is 0 Å². The van der Waals surface area contributed by atoms with E-state index in [9.17, 15) is 9.59 Å². The van der Waals surface area contributed by atoms with Crippen molar-refractivity contribution < 1.29 is 23.8 Å². The summed E-state index contributed by atoms with van der Waals surface area (Å²) in [5, 5.41) is 2.73. The number of carbonyl (C=O) groups is 2. The summed E-state index contributed by atoms with van der Waals surface area (Å²) in [4.78, 5) is 28.4. The fraction of sp³-hybridized carbons (Fsp3) is 0.278. The summed E-state index contributed by atoms with van der Waals surface area (Å²) in [6.07, 6.45) is 2.40. The summed E-state index contributed by atoms with van der Waals surface area (Å²) in [6.45, 7) is 2.73. The molecule has 7 nitrogen and oxygen atoms in total. The second-order valence-corrected chi connectivity index (χ2v) is 5.39. The van der Waals surface area contributed by atoms with Gasteiger partial charge in [-0.05, 0) is 30.7 Å². The van der Waals surface area contributed by atoms with Crippen molar-refractivity contribution in [2.45, 2.75) is 19.4 Å². The van der Waals surface area contributed by atoms with E-state index in [4.69, 9.17) is 14.2 Å². The van der Waals surface area contributed by atoms with E-state index in [0.717, 1.165) is 0 Å². The number of aromatic nitrogens is 1. The van der Waals surface area contributed by atoms with Gasteiger partial charge in [0.25, 0.3) is 5.91 Å². The van der Waals surface area contributed by atoms with E-state index in [1.807, 2.05) is 0 Å². The first-order valence-corrected chi connectivity index (χ1v) is 7.99. The summed E-state index contributed by atoms with van der Waals surface area (Å²) in [5.74, 6) is 0.220. The van der Waals surface area contributed by atoms with E-state index in [0.29, 0.717) is 42.4 Å². The van der Waals surface area contributed by atoms with Crippen molar-refractivity contribution in [2.24, 2.45) is 0 Å². The number of ether oxygens (including phenoxy) is 3. The Hall–Kier alpha value is -3.09. The highest BCUT2D eigenvalue weighted by atomic mass is 16.6. The highest BCUT2D eigenvalue weighted by Crippen LogP contribution is 2.32. The number of hydrogen-bond acceptors (Lipinski definition) is 6. The van der Waals surface area contributed by atoms with Crippen molar-refractivity contribution in [2.75, 3.05) is 18.5 Å². The molecule has 2 aromatic rings. The molecule has 1 aromatic heterocycles. The van der Waals surface area contributed by atoms with Gasteiger partial charge in [-0.25, -0.2) is 4.79 Å². The van der Waals surface area contributed by atoms with Gasteiger partial charge in [-0.3, -0.25) is 9.78 Å². The van der Waals surface area contributed by atoms with Crippen molar-refractivity contribution in [1.29, 1.82) is 0 Å². The second kappa shape index (κ2) is 7.65. The lowest BCUT2D eigenvalue weighted by molar-refractivity contribution is -0.124. The van der Waals surface area contributed by atoms with Crippen LogP contribution in [-0.4, -0.2) is 36.2 Å². The van der Waals surface area contributed by atoms with Crippen LogP contribution in [0.1, 0.15) is 23.7 Å². The van der Waals surface area contributed by atoms with Crippen LogP contribution in [0.2, 0.25) is 0 Å². The molecule has 1 atom stereocenters. The number of benzene rings is 1. The maximum atomic E-state index is 12.4. The van der Waals surface area contributed by atoms with Crippen LogP contribution in [0.5, 0.6) is 11.5 Å². The molecule has 0 bridgehead atoms. The fourth-order valence-electron chi connectivity index (χ4n) is 2.35. The topological polar surface area (TPSA) is 86.8 Å². The molecule has 0 saturated heterocycles. The monoisotopic (exact) mass is 342 g/mol. The molecule has 0 radical (unpaired) electrons. The zero-order valence-electron chi connectivity index (χ0n) is 13.7. The van der Waals surface area contributed by atoms with Gasteiger partial charge in [-0.15, -0.1) is 0 Å². The van der Waals surface area contributed by atoms with Crippen LogP contribution in [0.25, 0.3) is 0 Å². The molecule has 25 heavy (non-hydrogen) atoms. The number of nitrogens with zero attached hydrogens (tertiary/aromatic N) is 1. The number of fused-ring (bicyclic) bond motifs is 1. The van der Waals surface area contributed by atoms with Crippen LogP contribution >= 0.6 is 0 Å². The van der Waals surface area contributed by atoms with Crippen LogP contribution in [0, 0.1) is 0 Å². The molecule has 1 aliphatic rings. The Labute approximate surface area is 144 Å². The number of hydrogen-bond donors (Lipinski definition) is 1. The molecule has 3 rings (SSSR count). The summed E-state index contributed by atoms with van der Waals surface area (Å²) in [5.41, 5.74) is 0.846. The first kappa shape index (κ1) is 16.8. The molecule has 0 aliphatic carbocycles. The predicted octanol–water partition coefficient (Wildman–Crippen LogP) is 2.43. The zero-order valence-corrected chi connectivity index (χ0v) is 13.7. The highest BCUT2D eigenvalue weighted by Gasteiger charge is 2.23. The molecule has 0 saturated carbocycles. The smallest absolute Gasteiger partial charge is 0.340 e. The molecule has 1 amide bonds. The lowest BCUT2D eigenvalue weighted by atomic mass is 10.2. The Morgan fingerprint density at radius 2 is 2.04 bits per heavy atom. The average Bonchev–Trinajstić information content (AvgIpc) is 2.66. The SMILES string of the molecule is CCC(OC(=O)c1cccnc1)C(=O)Nc1ccc2c(c1)OCCO2. The molecule has 1 N–H and O–H groups in total. The lowest BCUT2D eigenvalue weighted by Gasteiger charge is -2.20. The Balaban J connectivity index is 1.65. The quantitative estimate of drug-likeness (QED) is 0.840. The van der Waals surface area contributed by atoms with Gasteiger partial charge in [0.2, 0.25) is 0 Å². The van der Waals surface area contributed by atoms with Crippen molar-refractivity contribution in [3.05, 3.63) is 48.3 Å². The Morgan fingerprint density at radius 1 is 1.24 bits per heavy atom. The van der Waals surface area contributed by atoms with E-state index >= 15 is 0 Å². The third kappa shape index (κ3) is 4.06. The van der Waals surface area contributed by atoms with Crippen LogP contribution in [0.15, 0.2) is 42.7 Å². The summed E-state index contributed by atoms with van der Waals surface area (Å²) in [6, 6.07) is 8.34. The third-order valence-electron chi connectivity index (χ3n) is 3.62. The minimum Gasteiger partial charge on any atom is -0.486 e. The van der Waals surface area contributed by atoms with Crippen molar-refractivity contribution >= 4 is 17.6 Å². The number of esters is 1. The minimum atomic E-state index is -0.902. The molecule has 0 spiro atoms. The standard InChI is InChI=1S/C18H18N2O5/c1-2-14(25-18(22)12-4-3-7-19-11-12)17(21)20-13-5-6-15-16(10-13)24-9-8-23-15/h3-7,10-11,14H,2,8-9H2,1H3,(H,20,21). The maximum absolute atomic E-state index is 12.4. The van der Waals surface area contributed by atoms with Gasteiger partial charge in [0.15, 0.2) is 17.6 Å². The largest absolute Gasteiger partial charge is 0.486 e. The Morgan fingerprint density at radius 3 is 2.76 bits per heavy atom. The van der Waals surface area contributed by atoms with Gasteiger partial charge in [0.1, 0.15) is 13.2 Å². The molecule has 1 aliphatic heterocycles. The number of nitrogens with one attached hydrogen (secondary N) is 1. The first-order valence-electron chi connectivity index (χ1n) is 7.99. The van der Waals surface area contributed by atoms with Gasteiger partial charge in [0, 0.05) is 24.1 Å². The van der Waals surface area contributed by atoms with Gasteiger partial charge >= 0.3 is 5.97 Å². The third-order valence-corrected chi connectivity index (χ3v) is 3.62. The lowest BCUT2D eigenvalue weighted by Crippen LogP contribution is -2.32. The van der Waals surface area contributed by atoms with Gasteiger partial charge in [0.05, 0.1) is 5.56 Å². The van der Waals surface area contributed by atoms with Crippen molar-refractivity contribution in [3.8, 4) is 11.5 Å². The Bertz CT molecular complexity index is 763. The van der Waals surface area contributed by atoms with Gasteiger partial charge in [-0.1, -0.05) is 6.92 Å². The Kier molecular flexibility index (Phi) is 5.13. The van der Waals surface area contributed by atoms with E-state index in [-0.39, 0.29) is 0 Å². The van der Waals surface area contributed by atoms with Crippen LogP contribution in [0.4, 0.5) is 5.69 Å². The normalized spacial score (nSPS) is 13.6. The summed E-state index contributed by atoms with van der Waals surface area (Å²) in [7, 11) is 0.